The molecule has 4 rings (SSSR count). The van der Waals surface area contributed by atoms with Crippen LogP contribution in [0.15, 0.2) is 60.8 Å². The number of nitrogens with one attached hydrogen (secondary N) is 2. The van der Waals surface area contributed by atoms with Gasteiger partial charge in [0.05, 0.1) is 18.9 Å². The molecule has 0 saturated carbocycles. The van der Waals surface area contributed by atoms with Gasteiger partial charge >= 0.3 is 0 Å². The number of ether oxygens (including phenoxy) is 1. The Kier molecular flexibility index (Phi) is 6.20. The average molecular weight is 403 g/mol. The molecule has 1 amide bonds. The summed E-state index contributed by atoms with van der Waals surface area (Å²) in [6.07, 6.45) is 1.73. The third-order valence-corrected chi connectivity index (χ3v) is 4.94. The van der Waals surface area contributed by atoms with Crippen molar-refractivity contribution >= 4 is 23.2 Å². The molecule has 0 spiro atoms. The van der Waals surface area contributed by atoms with E-state index in [1.54, 1.807) is 18.3 Å². The molecule has 1 aromatic heterocycles. The first-order chi connectivity index (χ1) is 14.7. The van der Waals surface area contributed by atoms with Gasteiger partial charge < -0.3 is 20.3 Å². The molecular formula is C23H25N5O2. The Labute approximate surface area is 176 Å². The first kappa shape index (κ1) is 19.8. The quantitative estimate of drug-likeness (QED) is 0.656. The highest BCUT2D eigenvalue weighted by atomic mass is 16.5. The van der Waals surface area contributed by atoms with Crippen LogP contribution in [-0.2, 0) is 4.74 Å². The average Bonchev–Trinajstić information content (AvgIpc) is 2.81. The summed E-state index contributed by atoms with van der Waals surface area (Å²) in [5.74, 6) is 0.453. The molecule has 154 valence electrons. The summed E-state index contributed by atoms with van der Waals surface area (Å²) in [6.45, 7) is 5.87. The Balaban J connectivity index is 1.45. The molecule has 3 aromatic rings. The van der Waals surface area contributed by atoms with Gasteiger partial charge in [-0.15, -0.1) is 0 Å². The summed E-state index contributed by atoms with van der Waals surface area (Å²) < 4.78 is 5.41. The Hall–Kier alpha value is -3.45. The Bertz CT molecular complexity index is 983. The third-order valence-electron chi connectivity index (χ3n) is 4.94. The van der Waals surface area contributed by atoms with E-state index < -0.39 is 0 Å². The lowest BCUT2D eigenvalue weighted by molar-refractivity contribution is 0.0956. The van der Waals surface area contributed by atoms with E-state index >= 15 is 0 Å². The maximum Gasteiger partial charge on any atom is 0.251 e. The maximum absolute atomic E-state index is 11.9. The van der Waals surface area contributed by atoms with Gasteiger partial charge in [0.25, 0.3) is 5.91 Å². The molecule has 0 aliphatic carbocycles. The number of morpholine rings is 1. The van der Waals surface area contributed by atoms with Crippen LogP contribution < -0.4 is 15.5 Å². The van der Waals surface area contributed by atoms with Crippen molar-refractivity contribution in [3.63, 3.8) is 0 Å². The topological polar surface area (TPSA) is 79.4 Å². The molecule has 0 unspecified atom stereocenters. The summed E-state index contributed by atoms with van der Waals surface area (Å²) >= 11 is 0. The molecule has 2 aromatic carbocycles. The number of nitrogens with zero attached hydrogens (tertiary/aromatic N) is 3. The zero-order valence-electron chi connectivity index (χ0n) is 17.0. The Morgan fingerprint density at radius 1 is 1.03 bits per heavy atom. The van der Waals surface area contributed by atoms with Crippen molar-refractivity contribution in [3.8, 4) is 11.3 Å². The van der Waals surface area contributed by atoms with E-state index in [2.05, 4.69) is 37.6 Å². The Morgan fingerprint density at radius 2 is 1.77 bits per heavy atom. The van der Waals surface area contributed by atoms with Gasteiger partial charge in [-0.3, -0.25) is 4.79 Å². The van der Waals surface area contributed by atoms with Crippen LogP contribution >= 0.6 is 0 Å². The fourth-order valence-electron chi connectivity index (χ4n) is 3.34. The highest BCUT2D eigenvalue weighted by Crippen LogP contribution is 2.22. The van der Waals surface area contributed by atoms with Gasteiger partial charge in [-0.1, -0.05) is 12.1 Å². The molecule has 1 aliphatic rings. The van der Waals surface area contributed by atoms with Gasteiger partial charge in [-0.2, -0.15) is 0 Å². The normalized spacial score (nSPS) is 13.7. The second-order valence-corrected chi connectivity index (χ2v) is 6.97. The number of amides is 1. The highest BCUT2D eigenvalue weighted by molar-refractivity contribution is 5.94. The summed E-state index contributed by atoms with van der Waals surface area (Å²) in [5.41, 5.74) is 4.46. The molecule has 0 atom stereocenters. The lowest BCUT2D eigenvalue weighted by atomic mass is 10.1. The number of hydrogen-bond acceptors (Lipinski definition) is 6. The van der Waals surface area contributed by atoms with E-state index in [0.29, 0.717) is 18.1 Å². The van der Waals surface area contributed by atoms with Gasteiger partial charge in [0, 0.05) is 48.3 Å². The number of anilines is 3. The molecule has 30 heavy (non-hydrogen) atoms. The standard InChI is InChI=1S/C23H25N5O2/c1-2-24-22(29)18-5-3-17(4-6-18)21-11-12-25-23(27-21)26-19-7-9-20(10-8-19)28-13-15-30-16-14-28/h3-12H,2,13-16H2,1H3,(H,24,29)(H,25,26,27). The van der Waals surface area contributed by atoms with Crippen molar-refractivity contribution in [1.29, 1.82) is 0 Å². The zero-order chi connectivity index (χ0) is 20.8. The summed E-state index contributed by atoms with van der Waals surface area (Å²) in [5, 5.41) is 6.06. The molecule has 0 bridgehead atoms. The van der Waals surface area contributed by atoms with E-state index in [9.17, 15) is 4.79 Å². The second kappa shape index (κ2) is 9.37. The van der Waals surface area contributed by atoms with E-state index in [1.165, 1.54) is 5.69 Å². The van der Waals surface area contributed by atoms with Crippen LogP contribution in [0.1, 0.15) is 17.3 Å². The molecule has 1 aliphatic heterocycles. The largest absolute Gasteiger partial charge is 0.378 e. The number of benzene rings is 2. The molecule has 7 nitrogen and oxygen atoms in total. The second-order valence-electron chi connectivity index (χ2n) is 6.97. The van der Waals surface area contributed by atoms with Gasteiger partial charge in [0.1, 0.15) is 0 Å². The van der Waals surface area contributed by atoms with Gasteiger partial charge in [0.15, 0.2) is 0 Å². The monoisotopic (exact) mass is 403 g/mol. The van der Waals surface area contributed by atoms with Crippen LogP contribution in [-0.4, -0.2) is 48.7 Å². The molecule has 1 saturated heterocycles. The fraction of sp³-hybridized carbons (Fsp3) is 0.261. The fourth-order valence-corrected chi connectivity index (χ4v) is 3.34. The van der Waals surface area contributed by atoms with Crippen molar-refractivity contribution < 1.29 is 9.53 Å². The van der Waals surface area contributed by atoms with Crippen LogP contribution in [0, 0.1) is 0 Å². The van der Waals surface area contributed by atoms with Crippen LogP contribution in [0.25, 0.3) is 11.3 Å². The smallest absolute Gasteiger partial charge is 0.251 e. The number of hydrogen-bond donors (Lipinski definition) is 2. The predicted octanol–water partition coefficient (Wildman–Crippen LogP) is 3.47. The van der Waals surface area contributed by atoms with Crippen molar-refractivity contribution in [3.05, 3.63) is 66.4 Å². The first-order valence-corrected chi connectivity index (χ1v) is 10.1. The van der Waals surface area contributed by atoms with Crippen LogP contribution in [0.4, 0.5) is 17.3 Å². The van der Waals surface area contributed by atoms with Crippen LogP contribution in [0.5, 0.6) is 0 Å². The van der Waals surface area contributed by atoms with Crippen LogP contribution in [0.2, 0.25) is 0 Å². The number of aromatic nitrogens is 2. The van der Waals surface area contributed by atoms with E-state index in [4.69, 9.17) is 4.74 Å². The summed E-state index contributed by atoms with van der Waals surface area (Å²) in [7, 11) is 0. The van der Waals surface area contributed by atoms with Crippen molar-refractivity contribution in [2.45, 2.75) is 6.92 Å². The number of carbonyl (C=O) groups is 1. The third kappa shape index (κ3) is 4.75. The van der Waals surface area contributed by atoms with Gasteiger partial charge in [-0.25, -0.2) is 9.97 Å². The molecule has 7 heteroatoms. The van der Waals surface area contributed by atoms with Gasteiger partial charge in [0.2, 0.25) is 5.95 Å². The molecule has 0 radical (unpaired) electrons. The SMILES string of the molecule is CCNC(=O)c1ccc(-c2ccnc(Nc3ccc(N4CCOCC4)cc3)n2)cc1. The van der Waals surface area contributed by atoms with Gasteiger partial charge in [-0.05, 0) is 49.4 Å². The minimum absolute atomic E-state index is 0.0744. The lowest BCUT2D eigenvalue weighted by Crippen LogP contribution is -2.36. The minimum Gasteiger partial charge on any atom is -0.378 e. The predicted molar refractivity (Wildman–Crippen MR) is 118 cm³/mol. The van der Waals surface area contributed by atoms with Crippen molar-refractivity contribution in [2.24, 2.45) is 0 Å². The molecule has 2 heterocycles. The summed E-state index contributed by atoms with van der Waals surface area (Å²) in [4.78, 5) is 23.2. The molecule has 2 N–H and O–H groups in total. The minimum atomic E-state index is -0.0744. The van der Waals surface area contributed by atoms with E-state index in [0.717, 1.165) is 43.2 Å². The van der Waals surface area contributed by atoms with E-state index in [1.807, 2.05) is 37.3 Å². The zero-order valence-corrected chi connectivity index (χ0v) is 17.0. The Morgan fingerprint density at radius 3 is 2.47 bits per heavy atom. The van der Waals surface area contributed by atoms with E-state index in [-0.39, 0.29) is 5.91 Å². The lowest BCUT2D eigenvalue weighted by Gasteiger charge is -2.28. The molecule has 1 fully saturated rings. The van der Waals surface area contributed by atoms with Crippen molar-refractivity contribution in [2.75, 3.05) is 43.1 Å². The van der Waals surface area contributed by atoms with Crippen LogP contribution in [0.3, 0.4) is 0 Å². The van der Waals surface area contributed by atoms with Crippen molar-refractivity contribution in [1.82, 2.24) is 15.3 Å². The first-order valence-electron chi connectivity index (χ1n) is 10.1. The number of carbonyl (C=O) groups excluding carboxylic acids is 1. The highest BCUT2D eigenvalue weighted by Gasteiger charge is 2.11. The maximum atomic E-state index is 11.9. The molecular weight excluding hydrogens is 378 g/mol. The number of rotatable bonds is 6. The summed E-state index contributed by atoms with van der Waals surface area (Å²) in [6, 6.07) is 17.5.